The third-order valence-corrected chi connectivity index (χ3v) is 4.84. The Morgan fingerprint density at radius 1 is 1.23 bits per heavy atom. The summed E-state index contributed by atoms with van der Waals surface area (Å²) >= 11 is 1.51. The van der Waals surface area contributed by atoms with E-state index in [-0.39, 0.29) is 11.3 Å². The van der Waals surface area contributed by atoms with Gasteiger partial charge in [0, 0.05) is 36.6 Å². The molecule has 1 N–H and O–H groups in total. The van der Waals surface area contributed by atoms with Crippen molar-refractivity contribution < 1.29 is 13.5 Å². The van der Waals surface area contributed by atoms with Crippen molar-refractivity contribution >= 4 is 11.3 Å². The second kappa shape index (κ2) is 6.73. The molecule has 0 saturated carbocycles. The van der Waals surface area contributed by atoms with Crippen molar-refractivity contribution in [3.63, 3.8) is 0 Å². The Balaban J connectivity index is 2.10. The van der Waals surface area contributed by atoms with Crippen LogP contribution in [0.5, 0.6) is 5.75 Å². The Kier molecular flexibility index (Phi) is 4.71. The van der Waals surface area contributed by atoms with E-state index in [1.165, 1.54) is 30.6 Å². The molecule has 118 valence electrons. The summed E-state index contributed by atoms with van der Waals surface area (Å²) in [5.41, 5.74) is 0.0729. The van der Waals surface area contributed by atoms with E-state index in [0.717, 1.165) is 31.1 Å². The first kappa shape index (κ1) is 15.4. The molecule has 6 heteroatoms. The number of rotatable bonds is 4. The minimum absolute atomic E-state index is 0.0729. The van der Waals surface area contributed by atoms with Crippen molar-refractivity contribution in [2.24, 2.45) is 0 Å². The predicted molar refractivity (Wildman–Crippen MR) is 83.5 cm³/mol. The minimum atomic E-state index is -0.612. The smallest absolute Gasteiger partial charge is 0.173 e. The van der Waals surface area contributed by atoms with E-state index >= 15 is 0 Å². The zero-order valence-electron chi connectivity index (χ0n) is 12.3. The van der Waals surface area contributed by atoms with Crippen LogP contribution in [-0.2, 0) is 0 Å². The SMILES string of the molecule is COc1ccc(F)c([C@@H](c2cccs2)N2CCNCC2)c1F. The van der Waals surface area contributed by atoms with Crippen LogP contribution in [0.2, 0.25) is 0 Å². The highest BCUT2D eigenvalue weighted by molar-refractivity contribution is 7.10. The van der Waals surface area contributed by atoms with Gasteiger partial charge in [0.1, 0.15) is 5.82 Å². The zero-order chi connectivity index (χ0) is 15.5. The van der Waals surface area contributed by atoms with Gasteiger partial charge in [-0.1, -0.05) is 6.07 Å². The second-order valence-electron chi connectivity index (χ2n) is 5.18. The van der Waals surface area contributed by atoms with Gasteiger partial charge in [0.05, 0.1) is 13.2 Å². The number of hydrogen-bond donors (Lipinski definition) is 1. The number of nitrogens with zero attached hydrogens (tertiary/aromatic N) is 1. The fraction of sp³-hybridized carbons (Fsp3) is 0.375. The molecule has 1 fully saturated rings. The maximum absolute atomic E-state index is 14.7. The van der Waals surface area contributed by atoms with Crippen LogP contribution in [0, 0.1) is 11.6 Å². The Hall–Kier alpha value is -1.50. The molecule has 1 aliphatic heterocycles. The predicted octanol–water partition coefficient (Wildman–Crippen LogP) is 3.03. The van der Waals surface area contributed by atoms with Gasteiger partial charge in [-0.2, -0.15) is 0 Å². The van der Waals surface area contributed by atoms with E-state index in [1.807, 2.05) is 17.5 Å². The van der Waals surface area contributed by atoms with Gasteiger partial charge < -0.3 is 10.1 Å². The topological polar surface area (TPSA) is 24.5 Å². The molecule has 0 amide bonds. The van der Waals surface area contributed by atoms with Crippen LogP contribution >= 0.6 is 11.3 Å². The van der Waals surface area contributed by atoms with Gasteiger partial charge >= 0.3 is 0 Å². The van der Waals surface area contributed by atoms with Crippen LogP contribution in [0.25, 0.3) is 0 Å². The molecule has 0 radical (unpaired) electrons. The molecule has 3 nitrogen and oxygen atoms in total. The molecule has 22 heavy (non-hydrogen) atoms. The van der Waals surface area contributed by atoms with Gasteiger partial charge in [0.2, 0.25) is 0 Å². The molecule has 2 heterocycles. The van der Waals surface area contributed by atoms with E-state index < -0.39 is 17.7 Å². The molecule has 0 aliphatic carbocycles. The number of thiophene rings is 1. The van der Waals surface area contributed by atoms with Crippen molar-refractivity contribution in [3.8, 4) is 5.75 Å². The van der Waals surface area contributed by atoms with Crippen molar-refractivity contribution in [1.29, 1.82) is 0 Å². The number of methoxy groups -OCH3 is 1. The molecule has 3 rings (SSSR count). The van der Waals surface area contributed by atoms with Crippen LogP contribution in [0.3, 0.4) is 0 Å². The van der Waals surface area contributed by atoms with Gasteiger partial charge in [0.15, 0.2) is 11.6 Å². The number of piperazine rings is 1. The Labute approximate surface area is 132 Å². The van der Waals surface area contributed by atoms with E-state index in [2.05, 4.69) is 10.2 Å². The van der Waals surface area contributed by atoms with Crippen LogP contribution < -0.4 is 10.1 Å². The number of benzene rings is 1. The summed E-state index contributed by atoms with van der Waals surface area (Å²) in [6, 6.07) is 6.02. The van der Waals surface area contributed by atoms with Gasteiger partial charge in [0.25, 0.3) is 0 Å². The van der Waals surface area contributed by atoms with Gasteiger partial charge in [-0.25, -0.2) is 8.78 Å². The lowest BCUT2D eigenvalue weighted by atomic mass is 10.0. The Morgan fingerprint density at radius 2 is 2.00 bits per heavy atom. The van der Waals surface area contributed by atoms with Crippen molar-refractivity contribution in [2.45, 2.75) is 6.04 Å². The third-order valence-electron chi connectivity index (χ3n) is 3.91. The average Bonchev–Trinajstić information content (AvgIpc) is 3.06. The highest BCUT2D eigenvalue weighted by atomic mass is 32.1. The second-order valence-corrected chi connectivity index (χ2v) is 6.16. The molecule has 1 aromatic carbocycles. The summed E-state index contributed by atoms with van der Waals surface area (Å²) in [5, 5.41) is 5.20. The largest absolute Gasteiger partial charge is 0.494 e. The first-order valence-electron chi connectivity index (χ1n) is 7.22. The van der Waals surface area contributed by atoms with Crippen LogP contribution in [0.15, 0.2) is 29.6 Å². The average molecular weight is 324 g/mol. The first-order valence-corrected chi connectivity index (χ1v) is 8.10. The van der Waals surface area contributed by atoms with Crippen LogP contribution in [-0.4, -0.2) is 38.2 Å². The number of halogens is 2. The maximum atomic E-state index is 14.7. The lowest BCUT2D eigenvalue weighted by Gasteiger charge is -2.35. The van der Waals surface area contributed by atoms with Gasteiger partial charge in [-0.3, -0.25) is 4.90 Å². The fourth-order valence-electron chi connectivity index (χ4n) is 2.85. The van der Waals surface area contributed by atoms with E-state index in [4.69, 9.17) is 4.74 Å². The molecule has 0 spiro atoms. The molecule has 0 bridgehead atoms. The van der Waals surface area contributed by atoms with Crippen molar-refractivity contribution in [3.05, 3.63) is 51.7 Å². The van der Waals surface area contributed by atoms with Gasteiger partial charge in [-0.15, -0.1) is 11.3 Å². The fourth-order valence-corrected chi connectivity index (χ4v) is 3.72. The molecule has 1 saturated heterocycles. The van der Waals surface area contributed by atoms with Crippen molar-refractivity contribution in [1.82, 2.24) is 10.2 Å². The third kappa shape index (κ3) is 2.86. The van der Waals surface area contributed by atoms with Gasteiger partial charge in [-0.05, 0) is 23.6 Å². The highest BCUT2D eigenvalue weighted by Crippen LogP contribution is 2.37. The number of hydrogen-bond acceptors (Lipinski definition) is 4. The molecule has 1 aromatic heterocycles. The molecular weight excluding hydrogens is 306 g/mol. The normalized spacial score (nSPS) is 17.4. The highest BCUT2D eigenvalue weighted by Gasteiger charge is 2.31. The van der Waals surface area contributed by atoms with Crippen molar-refractivity contribution in [2.75, 3.05) is 33.3 Å². The number of ether oxygens (including phenoxy) is 1. The Morgan fingerprint density at radius 3 is 2.64 bits per heavy atom. The molecular formula is C16H18F2N2OS. The Bertz CT molecular complexity index is 627. The standard InChI is InChI=1S/C16H18F2N2OS/c1-21-12-5-4-11(17)14(15(12)18)16(13-3-2-10-22-13)20-8-6-19-7-9-20/h2-5,10,16,19H,6-9H2,1H3/t16-/m1/s1. The van der Waals surface area contributed by atoms with E-state index in [1.54, 1.807) is 0 Å². The summed E-state index contributed by atoms with van der Waals surface area (Å²) in [5.74, 6) is -1.07. The molecule has 1 aliphatic rings. The van der Waals surface area contributed by atoms with Crippen LogP contribution in [0.1, 0.15) is 16.5 Å². The molecule has 0 unspecified atom stereocenters. The number of nitrogens with one attached hydrogen (secondary N) is 1. The maximum Gasteiger partial charge on any atom is 0.173 e. The first-order chi connectivity index (χ1) is 10.7. The molecule has 2 aromatic rings. The quantitative estimate of drug-likeness (QED) is 0.936. The summed E-state index contributed by atoms with van der Waals surface area (Å²) in [6.07, 6.45) is 0. The van der Waals surface area contributed by atoms with E-state index in [9.17, 15) is 8.78 Å². The summed E-state index contributed by atoms with van der Waals surface area (Å²) < 4.78 is 34.2. The molecule has 1 atom stereocenters. The summed E-state index contributed by atoms with van der Waals surface area (Å²) in [6.45, 7) is 3.13. The summed E-state index contributed by atoms with van der Waals surface area (Å²) in [7, 11) is 1.39. The lowest BCUT2D eigenvalue weighted by molar-refractivity contribution is 0.193. The van der Waals surface area contributed by atoms with E-state index in [0.29, 0.717) is 0 Å². The monoisotopic (exact) mass is 324 g/mol. The lowest BCUT2D eigenvalue weighted by Crippen LogP contribution is -2.45. The summed E-state index contributed by atoms with van der Waals surface area (Å²) in [4.78, 5) is 3.05. The zero-order valence-corrected chi connectivity index (χ0v) is 13.1. The van der Waals surface area contributed by atoms with Crippen LogP contribution in [0.4, 0.5) is 8.78 Å². The minimum Gasteiger partial charge on any atom is -0.494 e.